The van der Waals surface area contributed by atoms with Crippen molar-refractivity contribution >= 4 is 79.0 Å². The number of hydrogen-bond donors (Lipinski definition) is 0. The average Bonchev–Trinajstić information content (AvgIpc) is 0.868. The topological polar surface area (TPSA) is 11.4 Å². The first-order valence-electron chi connectivity index (χ1n) is 34.2. The summed E-state index contributed by atoms with van der Waals surface area (Å²) in [6.07, 6.45) is 0. The van der Waals surface area contributed by atoms with Gasteiger partial charge in [-0.3, -0.25) is 0 Å². The van der Waals surface area contributed by atoms with Crippen molar-refractivity contribution in [1.82, 2.24) is 4.57 Å². The number of benzene rings is 11. The van der Waals surface area contributed by atoms with Gasteiger partial charge in [0.15, 0.2) is 0 Å². The first kappa shape index (κ1) is 62.3. The van der Waals surface area contributed by atoms with E-state index in [0.29, 0.717) is 0 Å². The van der Waals surface area contributed by atoms with Crippen LogP contribution in [0.2, 0.25) is 0 Å². The van der Waals surface area contributed by atoms with E-state index in [0.717, 1.165) is 17.1 Å². The van der Waals surface area contributed by atoms with Crippen molar-refractivity contribution in [3.05, 3.63) is 264 Å². The molecule has 1 aromatic heterocycles. The monoisotopic (exact) mass is 1230 g/mol. The molecule has 0 atom stereocenters. The van der Waals surface area contributed by atoms with Gasteiger partial charge in [0.1, 0.15) is 0 Å². The minimum Gasteiger partial charge on any atom is -0.311 e. The van der Waals surface area contributed by atoms with E-state index in [1.807, 2.05) is 0 Å². The molecule has 3 heterocycles. The minimum absolute atomic E-state index is 0.0903. The molecule has 0 unspecified atom stereocenters. The van der Waals surface area contributed by atoms with E-state index >= 15 is 0 Å². The summed E-state index contributed by atoms with van der Waals surface area (Å²) in [5.41, 5.74) is 31.2. The van der Waals surface area contributed by atoms with Crippen LogP contribution >= 0.6 is 0 Å². The lowest BCUT2D eigenvalue weighted by atomic mass is 9.33. The molecule has 4 heteroatoms. The Morgan fingerprint density at radius 1 is 0.234 bits per heavy atom. The zero-order valence-corrected chi connectivity index (χ0v) is 58.9. The molecule has 0 saturated heterocycles. The van der Waals surface area contributed by atoms with Crippen molar-refractivity contribution in [3.8, 4) is 50.2 Å². The molecule has 12 aromatic rings. The molecule has 3 nitrogen and oxygen atoms in total. The van der Waals surface area contributed by atoms with Crippen molar-refractivity contribution in [1.29, 1.82) is 0 Å². The van der Waals surface area contributed by atoms with Gasteiger partial charge in [-0.1, -0.05) is 294 Å². The summed E-state index contributed by atoms with van der Waals surface area (Å²) in [7, 11) is 0. The van der Waals surface area contributed by atoms with E-state index in [1.54, 1.807) is 0 Å². The van der Waals surface area contributed by atoms with Crippen molar-refractivity contribution in [2.24, 2.45) is 0 Å². The lowest BCUT2D eigenvalue weighted by molar-refractivity contribution is 0.568. The van der Waals surface area contributed by atoms with E-state index < -0.39 is 0 Å². The molecule has 0 radical (unpaired) electrons. The van der Waals surface area contributed by atoms with Crippen LogP contribution in [-0.4, -0.2) is 11.3 Å². The second-order valence-corrected chi connectivity index (χ2v) is 33.3. The van der Waals surface area contributed by atoms with Gasteiger partial charge in [-0.05, 0) is 187 Å². The standard InChI is InChI=1S/C90H92BN3/c1-85(2,3)65-39-41-74-75-42-40-66(86(4,5)6)54-79(75)92(78(74)53-65)73-55-82-84-83(56-73)94(72-51-69(89(13,14)15)48-70(52-72)90(16,17)18)81-46-64(62-35-31-60(32-36-62)58-27-23-20-24-28-58)38-44-77(81)91(84)76-43-37-63(61-33-29-59(30-34-61)57-25-21-19-22-26-57)45-80(76)93(82)71-49-67(87(7,8)9)47-68(50-71)88(10,11)12/h19-56H,1-18H3. The molecule has 0 amide bonds. The van der Waals surface area contributed by atoms with Gasteiger partial charge >= 0.3 is 0 Å². The Morgan fingerprint density at radius 2 is 0.532 bits per heavy atom. The number of rotatable bonds is 7. The Morgan fingerprint density at radius 3 is 0.851 bits per heavy atom. The third-order valence-electron chi connectivity index (χ3n) is 20.3. The largest absolute Gasteiger partial charge is 0.311 e. The van der Waals surface area contributed by atoms with Crippen LogP contribution in [0.4, 0.5) is 34.1 Å². The third kappa shape index (κ3) is 11.2. The second kappa shape index (κ2) is 22.3. The molecule has 0 bridgehead atoms. The summed E-state index contributed by atoms with van der Waals surface area (Å²) >= 11 is 0. The summed E-state index contributed by atoms with van der Waals surface area (Å²) < 4.78 is 2.63. The maximum Gasteiger partial charge on any atom is 0.252 e. The first-order valence-corrected chi connectivity index (χ1v) is 34.2. The summed E-state index contributed by atoms with van der Waals surface area (Å²) in [5.74, 6) is 0. The van der Waals surface area contributed by atoms with Gasteiger partial charge < -0.3 is 14.4 Å². The zero-order chi connectivity index (χ0) is 66.3. The van der Waals surface area contributed by atoms with Crippen LogP contribution in [0.25, 0.3) is 72.0 Å². The highest BCUT2D eigenvalue weighted by Crippen LogP contribution is 2.51. The summed E-state index contributed by atoms with van der Waals surface area (Å²) in [4.78, 5) is 5.38. The molecule has 0 aliphatic carbocycles. The minimum atomic E-state index is -0.141. The third-order valence-corrected chi connectivity index (χ3v) is 20.3. The van der Waals surface area contributed by atoms with Gasteiger partial charge in [-0.15, -0.1) is 0 Å². The maximum atomic E-state index is 2.69. The zero-order valence-electron chi connectivity index (χ0n) is 58.9. The van der Waals surface area contributed by atoms with E-state index in [4.69, 9.17) is 0 Å². The molecule has 0 saturated carbocycles. The number of aromatic nitrogens is 1. The fourth-order valence-electron chi connectivity index (χ4n) is 14.4. The average molecular weight is 1230 g/mol. The van der Waals surface area contributed by atoms with E-state index in [9.17, 15) is 0 Å². The predicted molar refractivity (Wildman–Crippen MR) is 409 cm³/mol. The molecule has 2 aliphatic rings. The maximum absolute atomic E-state index is 2.69. The second-order valence-electron chi connectivity index (χ2n) is 33.3. The SMILES string of the molecule is CC(C)(C)c1cc(N2c3cc(-c4ccc(-c5ccccc5)cc4)ccc3B3c4ccc(-c5ccc(-c6ccccc6)cc5)cc4N(c4cc(C(C)(C)C)cc(C(C)(C)C)c4)c4cc(-n5c6cc(C(C)(C)C)ccc6c6ccc(C(C)(C)C)cc65)cc2c43)cc(C(C)(C)C)c1. The molecule has 14 rings (SSSR count). The van der Waals surface area contributed by atoms with Gasteiger partial charge in [-0.25, -0.2) is 0 Å². The molecular formula is C90H92BN3. The normalized spacial score (nSPS) is 13.6. The van der Waals surface area contributed by atoms with Crippen LogP contribution in [0, 0.1) is 0 Å². The van der Waals surface area contributed by atoms with Crippen molar-refractivity contribution in [2.45, 2.75) is 157 Å². The highest BCUT2D eigenvalue weighted by molar-refractivity contribution is 7.00. The molecule has 0 spiro atoms. The number of fused-ring (bicyclic) bond motifs is 7. The molecule has 470 valence electrons. The molecule has 94 heavy (non-hydrogen) atoms. The number of hydrogen-bond acceptors (Lipinski definition) is 2. The highest BCUT2D eigenvalue weighted by Gasteiger charge is 2.45. The van der Waals surface area contributed by atoms with E-state index in [-0.39, 0.29) is 39.2 Å². The Bertz CT molecular complexity index is 4550. The van der Waals surface area contributed by atoms with Crippen LogP contribution in [0.3, 0.4) is 0 Å². The summed E-state index contributed by atoms with van der Waals surface area (Å²) in [5, 5.41) is 2.51. The van der Waals surface area contributed by atoms with Crippen molar-refractivity contribution < 1.29 is 0 Å². The van der Waals surface area contributed by atoms with Gasteiger partial charge in [0.25, 0.3) is 6.71 Å². The van der Waals surface area contributed by atoms with E-state index in [1.165, 1.54) is 139 Å². The van der Waals surface area contributed by atoms with Crippen LogP contribution in [0.15, 0.2) is 231 Å². The molecule has 0 N–H and O–H groups in total. The quantitative estimate of drug-likeness (QED) is 0.147. The van der Waals surface area contributed by atoms with Crippen molar-refractivity contribution in [2.75, 3.05) is 9.80 Å². The van der Waals surface area contributed by atoms with Crippen LogP contribution in [0.5, 0.6) is 0 Å². The lowest BCUT2D eigenvalue weighted by Crippen LogP contribution is -2.61. The molecular weight excluding hydrogens is 1130 g/mol. The summed E-state index contributed by atoms with van der Waals surface area (Å²) in [6, 6.07) is 89.4. The predicted octanol–water partition coefficient (Wildman–Crippen LogP) is 23.3. The number of anilines is 6. The molecule has 11 aromatic carbocycles. The van der Waals surface area contributed by atoms with Crippen LogP contribution in [-0.2, 0) is 32.5 Å². The van der Waals surface area contributed by atoms with Gasteiger partial charge in [-0.2, -0.15) is 0 Å². The summed E-state index contributed by atoms with van der Waals surface area (Å²) in [6.45, 7) is 42.4. The fourth-order valence-corrected chi connectivity index (χ4v) is 14.4. The Hall–Kier alpha value is -9.12. The Balaban J connectivity index is 1.15. The smallest absolute Gasteiger partial charge is 0.252 e. The fraction of sp³-hybridized carbons (Fsp3) is 0.267. The van der Waals surface area contributed by atoms with Crippen LogP contribution < -0.4 is 26.2 Å². The Labute approximate surface area is 561 Å². The van der Waals surface area contributed by atoms with E-state index in [2.05, 4.69) is 370 Å². The van der Waals surface area contributed by atoms with Crippen molar-refractivity contribution in [3.63, 3.8) is 0 Å². The number of nitrogens with zero attached hydrogens (tertiary/aromatic N) is 3. The molecule has 0 fully saturated rings. The van der Waals surface area contributed by atoms with Crippen LogP contribution in [0.1, 0.15) is 158 Å². The highest BCUT2D eigenvalue weighted by atomic mass is 15.2. The van der Waals surface area contributed by atoms with Gasteiger partial charge in [0, 0.05) is 44.9 Å². The molecule has 2 aliphatic heterocycles. The Kier molecular flexibility index (Phi) is 14.8. The van der Waals surface area contributed by atoms with Gasteiger partial charge in [0.05, 0.1) is 16.7 Å². The lowest BCUT2D eigenvalue weighted by Gasteiger charge is -2.45. The van der Waals surface area contributed by atoms with Gasteiger partial charge in [0.2, 0.25) is 0 Å². The first-order chi connectivity index (χ1) is 44.4.